The predicted octanol–water partition coefficient (Wildman–Crippen LogP) is 5.72. The fraction of sp³-hybridized carbons (Fsp3) is 0.739. The largest absolute Gasteiger partial charge is 0.476 e. The number of hydrogen-bond donors (Lipinski definition) is 1. The summed E-state index contributed by atoms with van der Waals surface area (Å²) in [7, 11) is -3.66. The molecule has 2 N–H and O–H groups in total. The van der Waals surface area contributed by atoms with E-state index in [-0.39, 0.29) is 12.1 Å². The maximum absolute atomic E-state index is 13.3. The molecule has 0 bridgehead atoms. The number of rotatable bonds is 10. The zero-order chi connectivity index (χ0) is 23.1. The average molecular weight is 473 g/mol. The highest BCUT2D eigenvalue weighted by molar-refractivity contribution is 7.99. The Kier molecular flexibility index (Phi) is 10.1. The third-order valence-electron chi connectivity index (χ3n) is 4.61. The Morgan fingerprint density at radius 1 is 1.06 bits per heavy atom. The standard InChI is InChI=1S/C23H41N2O4PS/c1-22(2,3)28-30(26,29-23(4,5)6)27-20-13-16-25(17-14-20)15-12-19(24)18-31-21-10-8-7-9-11-21/h7-11,19-20H,12-18,24H2,1-6H3. The molecule has 2 rings (SSSR count). The van der Waals surface area contributed by atoms with Crippen molar-refractivity contribution in [2.24, 2.45) is 5.73 Å². The van der Waals surface area contributed by atoms with Crippen molar-refractivity contribution in [1.82, 2.24) is 4.90 Å². The van der Waals surface area contributed by atoms with Gasteiger partial charge in [0.25, 0.3) is 0 Å². The molecule has 1 unspecified atom stereocenters. The van der Waals surface area contributed by atoms with Crippen LogP contribution >= 0.6 is 19.6 Å². The Hall–Kier alpha value is -0.400. The van der Waals surface area contributed by atoms with Crippen LogP contribution in [0.25, 0.3) is 0 Å². The molecule has 0 radical (unpaired) electrons. The summed E-state index contributed by atoms with van der Waals surface area (Å²) in [5, 5.41) is 0. The molecule has 0 saturated carbocycles. The van der Waals surface area contributed by atoms with Crippen LogP contribution in [0.1, 0.15) is 60.8 Å². The number of phosphoric acid groups is 1. The molecule has 1 aliphatic rings. The number of phosphoric ester groups is 1. The first-order valence-corrected chi connectivity index (χ1v) is 13.6. The maximum atomic E-state index is 13.3. The van der Waals surface area contributed by atoms with Crippen LogP contribution in [0, 0.1) is 0 Å². The summed E-state index contributed by atoms with van der Waals surface area (Å²) in [6, 6.07) is 10.5. The van der Waals surface area contributed by atoms with Crippen LogP contribution in [0.2, 0.25) is 0 Å². The molecule has 31 heavy (non-hydrogen) atoms. The highest BCUT2D eigenvalue weighted by Gasteiger charge is 2.40. The predicted molar refractivity (Wildman–Crippen MR) is 130 cm³/mol. The number of piperidine rings is 1. The molecule has 1 heterocycles. The molecule has 0 spiro atoms. The minimum absolute atomic E-state index is 0.130. The lowest BCUT2D eigenvalue weighted by Gasteiger charge is -2.36. The topological polar surface area (TPSA) is 74.0 Å². The second-order valence-corrected chi connectivity index (χ2v) is 12.7. The van der Waals surface area contributed by atoms with Gasteiger partial charge in [0.05, 0.1) is 17.3 Å². The van der Waals surface area contributed by atoms with Crippen molar-refractivity contribution in [3.05, 3.63) is 30.3 Å². The second-order valence-electron chi connectivity index (χ2n) is 10.2. The summed E-state index contributed by atoms with van der Waals surface area (Å²) < 4.78 is 30.8. The van der Waals surface area contributed by atoms with E-state index in [0.29, 0.717) is 0 Å². The van der Waals surface area contributed by atoms with Crippen molar-refractivity contribution >= 4 is 19.6 Å². The summed E-state index contributed by atoms with van der Waals surface area (Å²) in [5.74, 6) is 0.918. The van der Waals surface area contributed by atoms with Gasteiger partial charge in [-0.1, -0.05) is 18.2 Å². The molecule has 1 fully saturated rings. The van der Waals surface area contributed by atoms with E-state index >= 15 is 0 Å². The smallest absolute Gasteiger partial charge is 0.327 e. The van der Waals surface area contributed by atoms with Gasteiger partial charge in [0.15, 0.2) is 0 Å². The highest BCUT2D eigenvalue weighted by atomic mass is 32.2. The summed E-state index contributed by atoms with van der Waals surface area (Å²) in [6.45, 7) is 13.9. The van der Waals surface area contributed by atoms with E-state index < -0.39 is 19.0 Å². The third-order valence-corrected chi connectivity index (χ3v) is 7.91. The zero-order valence-electron chi connectivity index (χ0n) is 20.0. The summed E-state index contributed by atoms with van der Waals surface area (Å²) in [6.07, 6.45) is 2.44. The lowest BCUT2D eigenvalue weighted by Crippen LogP contribution is -2.40. The molecular weight excluding hydrogens is 431 g/mol. The van der Waals surface area contributed by atoms with Crippen LogP contribution in [0.5, 0.6) is 0 Å². The molecule has 1 aromatic rings. The van der Waals surface area contributed by atoms with E-state index in [1.54, 1.807) is 0 Å². The van der Waals surface area contributed by atoms with Crippen LogP contribution < -0.4 is 5.73 Å². The molecule has 8 heteroatoms. The van der Waals surface area contributed by atoms with Crippen molar-refractivity contribution in [3.8, 4) is 0 Å². The Balaban J connectivity index is 1.75. The van der Waals surface area contributed by atoms with Gasteiger partial charge in [-0.3, -0.25) is 13.6 Å². The first kappa shape index (κ1) is 26.8. The van der Waals surface area contributed by atoms with Gasteiger partial charge in [-0.25, -0.2) is 4.57 Å². The molecule has 1 aliphatic heterocycles. The Bertz CT molecular complexity index is 678. The second kappa shape index (κ2) is 11.6. The van der Waals surface area contributed by atoms with Crippen molar-refractivity contribution < 1.29 is 18.1 Å². The van der Waals surface area contributed by atoms with Crippen molar-refractivity contribution in [2.45, 2.75) is 89.0 Å². The zero-order valence-corrected chi connectivity index (χ0v) is 21.7. The highest BCUT2D eigenvalue weighted by Crippen LogP contribution is 2.56. The number of nitrogens with two attached hydrogens (primary N) is 1. The SMILES string of the molecule is CC(C)(C)OP(=O)(OC1CCN(CCC(N)CSc2ccccc2)CC1)OC(C)(C)C. The molecule has 0 amide bonds. The van der Waals surface area contributed by atoms with Crippen molar-refractivity contribution in [3.63, 3.8) is 0 Å². The van der Waals surface area contributed by atoms with Gasteiger partial charge in [-0.05, 0) is 79.5 Å². The van der Waals surface area contributed by atoms with Gasteiger partial charge >= 0.3 is 7.82 Å². The lowest BCUT2D eigenvalue weighted by atomic mass is 10.1. The first-order chi connectivity index (χ1) is 14.3. The van der Waals surface area contributed by atoms with Gasteiger partial charge in [-0.15, -0.1) is 11.8 Å². The first-order valence-electron chi connectivity index (χ1n) is 11.2. The van der Waals surface area contributed by atoms with Crippen molar-refractivity contribution in [2.75, 3.05) is 25.4 Å². The van der Waals surface area contributed by atoms with Crippen LogP contribution in [-0.2, 0) is 18.1 Å². The van der Waals surface area contributed by atoms with Gasteiger partial charge in [0.2, 0.25) is 0 Å². The van der Waals surface area contributed by atoms with Crippen LogP contribution in [0.15, 0.2) is 35.2 Å². The summed E-state index contributed by atoms with van der Waals surface area (Å²) in [4.78, 5) is 3.67. The molecule has 1 atom stereocenters. The Morgan fingerprint density at radius 3 is 2.13 bits per heavy atom. The minimum Gasteiger partial charge on any atom is -0.327 e. The van der Waals surface area contributed by atoms with Gasteiger partial charge < -0.3 is 10.6 Å². The Morgan fingerprint density at radius 2 is 1.61 bits per heavy atom. The minimum atomic E-state index is -3.66. The molecule has 1 saturated heterocycles. The summed E-state index contributed by atoms with van der Waals surface area (Å²) >= 11 is 1.81. The van der Waals surface area contributed by atoms with Crippen LogP contribution in [-0.4, -0.2) is 53.6 Å². The number of benzene rings is 1. The van der Waals surface area contributed by atoms with Crippen molar-refractivity contribution in [1.29, 1.82) is 0 Å². The molecular formula is C23H41N2O4PS. The molecule has 0 aromatic heterocycles. The number of thioether (sulfide) groups is 1. The van der Waals surface area contributed by atoms with Gasteiger partial charge in [0, 0.05) is 29.8 Å². The normalized spacial score (nSPS) is 18.3. The van der Waals surface area contributed by atoms with Gasteiger partial charge in [-0.2, -0.15) is 0 Å². The molecule has 178 valence electrons. The number of nitrogens with zero attached hydrogens (tertiary/aromatic N) is 1. The lowest BCUT2D eigenvalue weighted by molar-refractivity contribution is -0.0215. The fourth-order valence-electron chi connectivity index (χ4n) is 3.31. The van der Waals surface area contributed by atoms with E-state index in [0.717, 1.165) is 44.6 Å². The number of likely N-dealkylation sites (tertiary alicyclic amines) is 1. The third kappa shape index (κ3) is 11.3. The van der Waals surface area contributed by atoms with E-state index in [1.807, 2.05) is 59.4 Å². The Labute approximate surface area is 193 Å². The van der Waals surface area contributed by atoms with E-state index in [1.165, 1.54) is 4.90 Å². The quantitative estimate of drug-likeness (QED) is 0.345. The van der Waals surface area contributed by atoms with E-state index in [2.05, 4.69) is 29.2 Å². The average Bonchev–Trinajstić information content (AvgIpc) is 2.63. The summed E-state index contributed by atoms with van der Waals surface area (Å²) in [5.41, 5.74) is 5.09. The van der Waals surface area contributed by atoms with Crippen LogP contribution in [0.4, 0.5) is 0 Å². The monoisotopic (exact) mass is 472 g/mol. The van der Waals surface area contributed by atoms with E-state index in [4.69, 9.17) is 19.3 Å². The van der Waals surface area contributed by atoms with E-state index in [9.17, 15) is 4.57 Å². The number of hydrogen-bond acceptors (Lipinski definition) is 7. The maximum Gasteiger partial charge on any atom is 0.476 e. The van der Waals surface area contributed by atoms with Crippen LogP contribution in [0.3, 0.4) is 0 Å². The molecule has 6 nitrogen and oxygen atoms in total. The molecule has 0 aliphatic carbocycles. The van der Waals surface area contributed by atoms with Gasteiger partial charge in [0.1, 0.15) is 0 Å². The molecule has 1 aromatic carbocycles. The fourth-order valence-corrected chi connectivity index (χ4v) is 6.27.